The zero-order valence-electron chi connectivity index (χ0n) is 21.6. The molecule has 196 valence electrons. The van der Waals surface area contributed by atoms with Crippen LogP contribution in [0.5, 0.6) is 0 Å². The van der Waals surface area contributed by atoms with Crippen molar-refractivity contribution >= 4 is 34.3 Å². The van der Waals surface area contributed by atoms with Crippen molar-refractivity contribution in [3.05, 3.63) is 99.8 Å². The normalized spacial score (nSPS) is 13.6. The van der Waals surface area contributed by atoms with Crippen molar-refractivity contribution in [1.82, 2.24) is 14.9 Å². The molecule has 7 nitrogen and oxygen atoms in total. The molecule has 8 heteroatoms. The number of fused-ring (bicyclic) bond motifs is 1. The molecule has 1 fully saturated rings. The summed E-state index contributed by atoms with van der Waals surface area (Å²) in [6, 6.07) is 24.0. The van der Waals surface area contributed by atoms with E-state index in [9.17, 15) is 9.59 Å². The summed E-state index contributed by atoms with van der Waals surface area (Å²) in [5.74, 6) is 0.0864. The molecule has 1 N–H and O–H groups in total. The lowest BCUT2D eigenvalue weighted by molar-refractivity contribution is -0.118. The van der Waals surface area contributed by atoms with Crippen LogP contribution in [0.3, 0.4) is 0 Å². The van der Waals surface area contributed by atoms with E-state index in [0.717, 1.165) is 29.9 Å². The number of carbonyl (C=O) groups is 1. The maximum absolute atomic E-state index is 13.8. The minimum absolute atomic E-state index is 0.0800. The number of morpholine rings is 1. The van der Waals surface area contributed by atoms with Gasteiger partial charge >= 0.3 is 0 Å². The van der Waals surface area contributed by atoms with Gasteiger partial charge in [-0.1, -0.05) is 71.9 Å². The number of amides is 1. The highest BCUT2D eigenvalue weighted by Gasteiger charge is 2.17. The van der Waals surface area contributed by atoms with Crippen LogP contribution in [0.4, 0.5) is 5.69 Å². The minimum atomic E-state index is -0.0952. The summed E-state index contributed by atoms with van der Waals surface area (Å²) in [5, 5.41) is 4.12. The van der Waals surface area contributed by atoms with Gasteiger partial charge in [0.2, 0.25) is 5.91 Å². The maximum Gasteiger partial charge on any atom is 0.262 e. The van der Waals surface area contributed by atoms with Crippen molar-refractivity contribution in [3.8, 4) is 0 Å². The lowest BCUT2D eigenvalue weighted by Gasteiger charge is -2.29. The van der Waals surface area contributed by atoms with Crippen molar-refractivity contribution in [1.29, 1.82) is 0 Å². The van der Waals surface area contributed by atoms with Crippen LogP contribution < -0.4 is 15.8 Å². The molecular weight excluding hydrogens is 496 g/mol. The Hall–Kier alpha value is -3.62. The highest BCUT2D eigenvalue weighted by atomic mass is 32.2. The summed E-state index contributed by atoms with van der Waals surface area (Å²) in [7, 11) is 0. The maximum atomic E-state index is 13.8. The summed E-state index contributed by atoms with van der Waals surface area (Å²) in [6.45, 7) is 5.95. The monoisotopic (exact) mass is 528 g/mol. The molecule has 1 amide bonds. The number of thioether (sulfide) groups is 1. The number of anilines is 1. The molecule has 1 aliphatic rings. The van der Waals surface area contributed by atoms with Gasteiger partial charge < -0.3 is 15.0 Å². The fourth-order valence-electron chi connectivity index (χ4n) is 4.49. The van der Waals surface area contributed by atoms with E-state index in [4.69, 9.17) is 9.72 Å². The third-order valence-electron chi connectivity index (χ3n) is 6.69. The predicted octanol–water partition coefficient (Wildman–Crippen LogP) is 4.19. The van der Waals surface area contributed by atoms with Gasteiger partial charge in [-0.3, -0.25) is 14.2 Å². The lowest BCUT2D eigenvalue weighted by atomic mass is 10.1. The molecule has 0 aliphatic carbocycles. The molecule has 38 heavy (non-hydrogen) atoms. The third kappa shape index (κ3) is 6.44. The molecule has 2 heterocycles. The SMILES string of the molecule is Cc1ccc(CNC(=O)CSc2nc3ccc(N4CCOCC4)cc3c(=O)n2CCc2ccccc2)cc1. The standard InChI is InChI=1S/C30H32N4O3S/c1-22-7-9-24(10-8-22)20-31-28(35)21-38-30-32-27-12-11-25(33-15-17-37-18-16-33)19-26(27)29(36)34(30)14-13-23-5-3-2-4-6-23/h2-12,19H,13-18,20-21H2,1H3,(H,31,35). The molecule has 1 aromatic heterocycles. The first-order valence-corrected chi connectivity index (χ1v) is 13.9. The van der Waals surface area contributed by atoms with Gasteiger partial charge in [-0.05, 0) is 42.7 Å². The van der Waals surface area contributed by atoms with Gasteiger partial charge in [0.05, 0.1) is 29.9 Å². The van der Waals surface area contributed by atoms with Crippen molar-refractivity contribution in [3.63, 3.8) is 0 Å². The van der Waals surface area contributed by atoms with E-state index in [-0.39, 0.29) is 17.2 Å². The van der Waals surface area contributed by atoms with Crippen LogP contribution in [-0.2, 0) is 29.0 Å². The van der Waals surface area contributed by atoms with Gasteiger partial charge in [-0.25, -0.2) is 4.98 Å². The first-order valence-electron chi connectivity index (χ1n) is 12.9. The van der Waals surface area contributed by atoms with Crippen LogP contribution in [0.25, 0.3) is 10.9 Å². The zero-order chi connectivity index (χ0) is 26.3. The van der Waals surface area contributed by atoms with Gasteiger partial charge in [-0.2, -0.15) is 0 Å². The van der Waals surface area contributed by atoms with E-state index in [2.05, 4.69) is 22.3 Å². The number of aryl methyl sites for hydroxylation is 2. The Morgan fingerprint density at radius 2 is 1.76 bits per heavy atom. The summed E-state index contributed by atoms with van der Waals surface area (Å²) in [4.78, 5) is 33.5. The Bertz CT molecular complexity index is 1450. The molecule has 0 bridgehead atoms. The number of hydrogen-bond donors (Lipinski definition) is 1. The molecule has 4 aromatic rings. The molecule has 1 aliphatic heterocycles. The zero-order valence-corrected chi connectivity index (χ0v) is 22.4. The third-order valence-corrected chi connectivity index (χ3v) is 7.66. The fraction of sp³-hybridized carbons (Fsp3) is 0.300. The number of carbonyl (C=O) groups excluding carboxylic acids is 1. The highest BCUT2D eigenvalue weighted by molar-refractivity contribution is 7.99. The van der Waals surface area contributed by atoms with Gasteiger partial charge in [0.15, 0.2) is 5.16 Å². The Morgan fingerprint density at radius 3 is 2.53 bits per heavy atom. The average molecular weight is 529 g/mol. The highest BCUT2D eigenvalue weighted by Crippen LogP contribution is 2.23. The summed E-state index contributed by atoms with van der Waals surface area (Å²) < 4.78 is 7.20. The number of aromatic nitrogens is 2. The average Bonchev–Trinajstić information content (AvgIpc) is 2.96. The van der Waals surface area contributed by atoms with Gasteiger partial charge in [-0.15, -0.1) is 0 Å². The number of rotatable bonds is 9. The van der Waals surface area contributed by atoms with E-state index >= 15 is 0 Å². The van der Waals surface area contributed by atoms with Crippen molar-refractivity contribution in [2.24, 2.45) is 0 Å². The number of nitrogens with one attached hydrogen (secondary N) is 1. The van der Waals surface area contributed by atoms with Crippen molar-refractivity contribution in [2.45, 2.75) is 31.6 Å². The van der Waals surface area contributed by atoms with Gasteiger partial charge in [0, 0.05) is 31.9 Å². The Kier molecular flexibility index (Phi) is 8.41. The van der Waals surface area contributed by atoms with E-state index in [0.29, 0.717) is 48.8 Å². The Morgan fingerprint density at radius 1 is 1.00 bits per heavy atom. The van der Waals surface area contributed by atoms with Crippen molar-refractivity contribution in [2.75, 3.05) is 37.0 Å². The summed E-state index contributed by atoms with van der Waals surface area (Å²) >= 11 is 1.30. The van der Waals surface area contributed by atoms with Crippen molar-refractivity contribution < 1.29 is 9.53 Å². The van der Waals surface area contributed by atoms with Gasteiger partial charge in [0.25, 0.3) is 5.56 Å². The molecule has 1 saturated heterocycles. The molecule has 3 aromatic carbocycles. The first kappa shape index (κ1) is 26.0. The van der Waals surface area contributed by atoms with Crippen LogP contribution in [0.2, 0.25) is 0 Å². The van der Waals surface area contributed by atoms with Crippen LogP contribution in [0, 0.1) is 6.92 Å². The molecule has 0 atom stereocenters. The fourth-order valence-corrected chi connectivity index (χ4v) is 5.34. The molecule has 0 spiro atoms. The van der Waals surface area contributed by atoms with E-state index in [1.54, 1.807) is 4.57 Å². The van der Waals surface area contributed by atoms with E-state index < -0.39 is 0 Å². The summed E-state index contributed by atoms with van der Waals surface area (Å²) in [5.41, 5.74) is 4.95. The predicted molar refractivity (Wildman–Crippen MR) is 153 cm³/mol. The minimum Gasteiger partial charge on any atom is -0.378 e. The quantitative estimate of drug-likeness (QED) is 0.259. The molecule has 0 radical (unpaired) electrons. The number of hydrogen-bond acceptors (Lipinski definition) is 6. The number of nitrogens with zero attached hydrogens (tertiary/aromatic N) is 3. The summed E-state index contributed by atoms with van der Waals surface area (Å²) in [6.07, 6.45) is 0.699. The lowest BCUT2D eigenvalue weighted by Crippen LogP contribution is -2.36. The number of ether oxygens (including phenoxy) is 1. The Labute approximate surface area is 226 Å². The van der Waals surface area contributed by atoms with Crippen LogP contribution in [0.1, 0.15) is 16.7 Å². The van der Waals surface area contributed by atoms with E-state index in [1.807, 2.05) is 67.6 Å². The van der Waals surface area contributed by atoms with E-state index in [1.165, 1.54) is 17.3 Å². The molecular formula is C30H32N4O3S. The smallest absolute Gasteiger partial charge is 0.262 e. The largest absolute Gasteiger partial charge is 0.378 e. The van der Waals surface area contributed by atoms with Gasteiger partial charge in [0.1, 0.15) is 0 Å². The molecule has 0 unspecified atom stereocenters. The number of benzene rings is 3. The molecule has 5 rings (SSSR count). The van der Waals surface area contributed by atoms with Crippen LogP contribution >= 0.6 is 11.8 Å². The first-order chi connectivity index (χ1) is 18.6. The molecule has 0 saturated carbocycles. The Balaban J connectivity index is 1.37. The van der Waals surface area contributed by atoms with Crippen LogP contribution in [0.15, 0.2) is 82.7 Å². The van der Waals surface area contributed by atoms with Crippen LogP contribution in [-0.4, -0.2) is 47.5 Å². The topological polar surface area (TPSA) is 76.5 Å². The second kappa shape index (κ2) is 12.3. The second-order valence-corrected chi connectivity index (χ2v) is 10.4. The second-order valence-electron chi connectivity index (χ2n) is 9.44.